The van der Waals surface area contributed by atoms with E-state index in [4.69, 9.17) is 0 Å². The van der Waals surface area contributed by atoms with Gasteiger partial charge in [0, 0.05) is 18.9 Å². The third-order valence-corrected chi connectivity index (χ3v) is 3.14. The molecule has 0 fully saturated rings. The van der Waals surface area contributed by atoms with Crippen LogP contribution in [0, 0.1) is 0 Å². The van der Waals surface area contributed by atoms with Crippen LogP contribution in [0.5, 0.6) is 0 Å². The van der Waals surface area contributed by atoms with Gasteiger partial charge in [0.25, 0.3) is 0 Å². The summed E-state index contributed by atoms with van der Waals surface area (Å²) >= 11 is 0. The van der Waals surface area contributed by atoms with Crippen molar-refractivity contribution < 1.29 is 0 Å². The van der Waals surface area contributed by atoms with Gasteiger partial charge in [-0.05, 0) is 29.3 Å². The van der Waals surface area contributed by atoms with Crippen molar-refractivity contribution in [1.82, 2.24) is 9.97 Å². The lowest BCUT2D eigenvalue weighted by atomic mass is 10.1. The Morgan fingerprint density at radius 1 is 0.810 bits per heavy atom. The van der Waals surface area contributed by atoms with Crippen molar-refractivity contribution in [2.45, 2.75) is 0 Å². The molecule has 0 aliphatic carbocycles. The molecule has 0 amide bonds. The molecule has 0 saturated heterocycles. The highest BCUT2D eigenvalue weighted by Gasteiger charge is 2.00. The maximum Gasteiger partial charge on any atom is 0.224 e. The van der Waals surface area contributed by atoms with E-state index in [1.807, 2.05) is 36.4 Å². The van der Waals surface area contributed by atoms with Crippen LogP contribution >= 0.6 is 0 Å². The minimum Gasteiger partial charge on any atom is -0.357 e. The van der Waals surface area contributed by atoms with Gasteiger partial charge in [0.05, 0.1) is 0 Å². The first-order valence-corrected chi connectivity index (χ1v) is 6.78. The van der Waals surface area contributed by atoms with Gasteiger partial charge in [0.15, 0.2) is 0 Å². The summed E-state index contributed by atoms with van der Waals surface area (Å²) < 4.78 is 0. The van der Waals surface area contributed by atoms with E-state index in [1.54, 1.807) is 13.2 Å². The van der Waals surface area contributed by atoms with Crippen LogP contribution in [-0.4, -0.2) is 17.0 Å². The maximum absolute atomic E-state index is 4.33. The monoisotopic (exact) mass is 276 g/mol. The number of aromatic nitrogens is 2. The van der Waals surface area contributed by atoms with E-state index in [0.29, 0.717) is 5.95 Å². The molecule has 0 atom stereocenters. The summed E-state index contributed by atoms with van der Waals surface area (Å²) in [5.41, 5.74) is 3.40. The molecule has 2 aromatic carbocycles. The molecule has 1 heterocycles. The van der Waals surface area contributed by atoms with Gasteiger partial charge in [0.2, 0.25) is 5.95 Å². The molecule has 0 bridgehead atoms. The zero-order valence-corrected chi connectivity index (χ0v) is 11.7. The third-order valence-electron chi connectivity index (χ3n) is 3.14. The fourth-order valence-electron chi connectivity index (χ4n) is 2.07. The van der Waals surface area contributed by atoms with Gasteiger partial charge in [-0.25, -0.2) is 4.98 Å². The fourth-order valence-corrected chi connectivity index (χ4v) is 2.07. The Morgan fingerprint density at radius 3 is 2.24 bits per heavy atom. The molecule has 3 aromatic rings. The van der Waals surface area contributed by atoms with E-state index in [2.05, 4.69) is 44.9 Å². The molecule has 0 aliphatic rings. The topological polar surface area (TPSA) is 49.8 Å². The van der Waals surface area contributed by atoms with Crippen molar-refractivity contribution in [3.63, 3.8) is 0 Å². The Morgan fingerprint density at radius 2 is 1.52 bits per heavy atom. The number of nitrogens with one attached hydrogen (secondary N) is 2. The van der Waals surface area contributed by atoms with Gasteiger partial charge in [-0.15, -0.1) is 0 Å². The van der Waals surface area contributed by atoms with Crippen molar-refractivity contribution in [2.24, 2.45) is 0 Å². The Hall–Kier alpha value is -2.88. The van der Waals surface area contributed by atoms with Crippen LogP contribution < -0.4 is 10.6 Å². The lowest BCUT2D eigenvalue weighted by molar-refractivity contribution is 1.15. The first-order chi connectivity index (χ1) is 10.3. The number of hydrogen-bond acceptors (Lipinski definition) is 4. The van der Waals surface area contributed by atoms with Crippen LogP contribution in [0.1, 0.15) is 0 Å². The Labute approximate surface area is 123 Å². The van der Waals surface area contributed by atoms with E-state index in [-0.39, 0.29) is 0 Å². The van der Waals surface area contributed by atoms with E-state index in [0.717, 1.165) is 11.5 Å². The molecule has 0 aliphatic heterocycles. The number of nitrogens with zero attached hydrogens (tertiary/aromatic N) is 2. The Bertz CT molecular complexity index is 708. The van der Waals surface area contributed by atoms with Crippen LogP contribution in [0.15, 0.2) is 66.9 Å². The SMILES string of the molecule is CNc1nccc(Nc2ccc(-c3ccccc3)cc2)n1. The van der Waals surface area contributed by atoms with E-state index >= 15 is 0 Å². The molecule has 4 nitrogen and oxygen atoms in total. The van der Waals surface area contributed by atoms with Crippen molar-refractivity contribution in [3.05, 3.63) is 66.9 Å². The zero-order valence-electron chi connectivity index (χ0n) is 11.7. The summed E-state index contributed by atoms with van der Waals surface area (Å²) in [5.74, 6) is 1.36. The Balaban J connectivity index is 1.78. The molecule has 1 aromatic heterocycles. The molecule has 2 N–H and O–H groups in total. The second-order valence-electron chi connectivity index (χ2n) is 4.58. The minimum absolute atomic E-state index is 0.598. The number of benzene rings is 2. The van der Waals surface area contributed by atoms with Crippen molar-refractivity contribution in [2.75, 3.05) is 17.7 Å². The molecule has 0 radical (unpaired) electrons. The van der Waals surface area contributed by atoms with Gasteiger partial charge in [-0.1, -0.05) is 42.5 Å². The maximum atomic E-state index is 4.33. The molecular formula is C17H16N4. The quantitative estimate of drug-likeness (QED) is 0.758. The van der Waals surface area contributed by atoms with Crippen LogP contribution in [-0.2, 0) is 0 Å². The van der Waals surface area contributed by atoms with Gasteiger partial charge < -0.3 is 10.6 Å². The van der Waals surface area contributed by atoms with Gasteiger partial charge in [-0.3, -0.25) is 0 Å². The molecule has 0 spiro atoms. The second kappa shape index (κ2) is 6.05. The predicted octanol–water partition coefficient (Wildman–Crippen LogP) is 3.93. The lowest BCUT2D eigenvalue weighted by Gasteiger charge is -2.08. The highest BCUT2D eigenvalue weighted by molar-refractivity contribution is 5.67. The third kappa shape index (κ3) is 3.17. The summed E-state index contributed by atoms with van der Waals surface area (Å²) in [7, 11) is 1.80. The first kappa shape index (κ1) is 13.1. The van der Waals surface area contributed by atoms with Gasteiger partial charge in [0.1, 0.15) is 5.82 Å². The highest BCUT2D eigenvalue weighted by atomic mass is 15.1. The lowest BCUT2D eigenvalue weighted by Crippen LogP contribution is -1.99. The van der Waals surface area contributed by atoms with Crippen LogP contribution in [0.25, 0.3) is 11.1 Å². The van der Waals surface area contributed by atoms with Crippen molar-refractivity contribution >= 4 is 17.5 Å². The summed E-state index contributed by atoms with van der Waals surface area (Å²) in [6.45, 7) is 0. The normalized spacial score (nSPS) is 10.1. The number of rotatable bonds is 4. The first-order valence-electron chi connectivity index (χ1n) is 6.78. The number of anilines is 3. The molecule has 0 saturated carbocycles. The summed E-state index contributed by atoms with van der Waals surface area (Å²) in [6, 6.07) is 20.4. The molecule has 4 heteroatoms. The summed E-state index contributed by atoms with van der Waals surface area (Å²) in [4.78, 5) is 8.42. The molecular weight excluding hydrogens is 260 g/mol. The fraction of sp³-hybridized carbons (Fsp3) is 0.0588. The highest BCUT2D eigenvalue weighted by Crippen LogP contribution is 2.22. The van der Waals surface area contributed by atoms with Crippen molar-refractivity contribution in [1.29, 1.82) is 0 Å². The molecule has 0 unspecified atom stereocenters. The van der Waals surface area contributed by atoms with Gasteiger partial charge >= 0.3 is 0 Å². The van der Waals surface area contributed by atoms with Crippen LogP contribution in [0.4, 0.5) is 17.5 Å². The van der Waals surface area contributed by atoms with Gasteiger partial charge in [-0.2, -0.15) is 4.98 Å². The molecule has 3 rings (SSSR count). The average molecular weight is 276 g/mol. The van der Waals surface area contributed by atoms with E-state index in [1.165, 1.54) is 11.1 Å². The van der Waals surface area contributed by atoms with Crippen molar-refractivity contribution in [3.8, 4) is 11.1 Å². The van der Waals surface area contributed by atoms with Crippen LogP contribution in [0.2, 0.25) is 0 Å². The minimum atomic E-state index is 0.598. The number of hydrogen-bond donors (Lipinski definition) is 2. The zero-order chi connectivity index (χ0) is 14.5. The molecule has 21 heavy (non-hydrogen) atoms. The second-order valence-corrected chi connectivity index (χ2v) is 4.58. The van der Waals surface area contributed by atoms with Crippen LogP contribution in [0.3, 0.4) is 0 Å². The largest absolute Gasteiger partial charge is 0.357 e. The smallest absolute Gasteiger partial charge is 0.224 e. The standard InChI is InChI=1S/C17H16N4/c1-18-17-19-12-11-16(21-17)20-15-9-7-14(8-10-15)13-5-3-2-4-6-13/h2-12H,1H3,(H2,18,19,20,21). The van der Waals surface area contributed by atoms with E-state index < -0.39 is 0 Å². The Kier molecular flexibility index (Phi) is 3.78. The summed E-state index contributed by atoms with van der Waals surface area (Å²) in [6.07, 6.45) is 1.72. The predicted molar refractivity (Wildman–Crippen MR) is 86.7 cm³/mol. The summed E-state index contributed by atoms with van der Waals surface area (Å²) in [5, 5.41) is 6.19. The average Bonchev–Trinajstić information content (AvgIpc) is 2.56. The van der Waals surface area contributed by atoms with E-state index in [9.17, 15) is 0 Å². The molecule has 104 valence electrons.